The van der Waals surface area contributed by atoms with Crippen LogP contribution in [0.1, 0.15) is 23.6 Å². The fourth-order valence-electron chi connectivity index (χ4n) is 3.44. The Hall–Kier alpha value is -2.11. The van der Waals surface area contributed by atoms with E-state index in [4.69, 9.17) is 9.47 Å². The van der Waals surface area contributed by atoms with Gasteiger partial charge in [-0.2, -0.15) is 0 Å². The zero-order valence-corrected chi connectivity index (χ0v) is 14.8. The van der Waals surface area contributed by atoms with Gasteiger partial charge in [0, 0.05) is 25.2 Å². The quantitative estimate of drug-likeness (QED) is 0.903. The van der Waals surface area contributed by atoms with Gasteiger partial charge in [0.15, 0.2) is 0 Å². The van der Waals surface area contributed by atoms with Crippen LogP contribution in [-0.4, -0.2) is 45.3 Å². The van der Waals surface area contributed by atoms with Gasteiger partial charge in [-0.1, -0.05) is 12.1 Å². The highest BCUT2D eigenvalue weighted by Crippen LogP contribution is 2.36. The number of methoxy groups -OCH3 is 2. The summed E-state index contributed by atoms with van der Waals surface area (Å²) in [5.74, 6) is 1.24. The van der Waals surface area contributed by atoms with Crippen LogP contribution in [0.25, 0.3) is 0 Å². The van der Waals surface area contributed by atoms with Gasteiger partial charge in [-0.05, 0) is 48.9 Å². The molecule has 5 heteroatoms. The normalized spacial score (nSPS) is 16.9. The molecule has 1 unspecified atom stereocenters. The molecule has 0 aromatic heterocycles. The summed E-state index contributed by atoms with van der Waals surface area (Å²) in [7, 11) is 3.29. The van der Waals surface area contributed by atoms with E-state index in [-0.39, 0.29) is 11.9 Å². The molecule has 0 spiro atoms. The zero-order valence-electron chi connectivity index (χ0n) is 14.8. The summed E-state index contributed by atoms with van der Waals surface area (Å²) in [6.45, 7) is 3.75. The van der Waals surface area contributed by atoms with Crippen molar-refractivity contribution >= 4 is 0 Å². The van der Waals surface area contributed by atoms with E-state index in [0.29, 0.717) is 5.75 Å². The summed E-state index contributed by atoms with van der Waals surface area (Å²) >= 11 is 0. The van der Waals surface area contributed by atoms with E-state index in [1.807, 2.05) is 18.2 Å². The standard InChI is InChI=1S/C20H25FN2O2/c1-24-17-6-3-5-15(13-17)20(23-11-4-9-22-10-12-23)18-14-16(21)7-8-19(18)25-2/h3,5-8,13-14,20,22H,4,9-12H2,1-2H3. The molecule has 0 saturated carbocycles. The second kappa shape index (κ2) is 8.32. The van der Waals surface area contributed by atoms with Gasteiger partial charge in [0.25, 0.3) is 0 Å². The lowest BCUT2D eigenvalue weighted by molar-refractivity contribution is 0.235. The van der Waals surface area contributed by atoms with Crippen LogP contribution >= 0.6 is 0 Å². The van der Waals surface area contributed by atoms with Crippen molar-refractivity contribution in [2.24, 2.45) is 0 Å². The van der Waals surface area contributed by atoms with Crippen molar-refractivity contribution in [3.8, 4) is 11.5 Å². The minimum Gasteiger partial charge on any atom is -0.497 e. The first kappa shape index (κ1) is 17.7. The van der Waals surface area contributed by atoms with Gasteiger partial charge in [-0.25, -0.2) is 4.39 Å². The fraction of sp³-hybridized carbons (Fsp3) is 0.400. The second-order valence-electron chi connectivity index (χ2n) is 6.20. The third-order valence-electron chi connectivity index (χ3n) is 4.64. The van der Waals surface area contributed by atoms with Gasteiger partial charge in [0.05, 0.1) is 20.3 Å². The van der Waals surface area contributed by atoms with Crippen LogP contribution in [0.2, 0.25) is 0 Å². The Morgan fingerprint density at radius 3 is 2.72 bits per heavy atom. The molecule has 1 aliphatic heterocycles. The topological polar surface area (TPSA) is 33.7 Å². The maximum Gasteiger partial charge on any atom is 0.124 e. The summed E-state index contributed by atoms with van der Waals surface area (Å²) in [6, 6.07) is 12.6. The minimum absolute atomic E-state index is 0.0827. The zero-order chi connectivity index (χ0) is 17.6. The number of rotatable bonds is 5. The number of halogens is 1. The van der Waals surface area contributed by atoms with E-state index >= 15 is 0 Å². The lowest BCUT2D eigenvalue weighted by Crippen LogP contribution is -2.33. The number of hydrogen-bond donors (Lipinski definition) is 1. The molecular weight excluding hydrogens is 319 g/mol. The minimum atomic E-state index is -0.253. The molecule has 0 amide bonds. The summed E-state index contributed by atoms with van der Waals surface area (Å²) in [4.78, 5) is 2.38. The molecule has 2 aromatic carbocycles. The van der Waals surface area contributed by atoms with Crippen molar-refractivity contribution < 1.29 is 13.9 Å². The van der Waals surface area contributed by atoms with Crippen LogP contribution < -0.4 is 14.8 Å². The Morgan fingerprint density at radius 2 is 1.92 bits per heavy atom. The molecule has 1 atom stereocenters. The first-order valence-electron chi connectivity index (χ1n) is 8.65. The van der Waals surface area contributed by atoms with Crippen LogP contribution in [0.5, 0.6) is 11.5 Å². The van der Waals surface area contributed by atoms with Gasteiger partial charge in [0.2, 0.25) is 0 Å². The molecule has 3 rings (SSSR count). The summed E-state index contributed by atoms with van der Waals surface area (Å²) < 4.78 is 25.0. The Bertz CT molecular complexity index is 700. The molecule has 1 N–H and O–H groups in total. The highest BCUT2D eigenvalue weighted by molar-refractivity contribution is 5.44. The smallest absolute Gasteiger partial charge is 0.124 e. The highest BCUT2D eigenvalue weighted by atomic mass is 19.1. The molecule has 1 heterocycles. The van der Waals surface area contributed by atoms with Crippen molar-refractivity contribution in [1.82, 2.24) is 10.2 Å². The van der Waals surface area contributed by atoms with Crippen molar-refractivity contribution in [1.29, 1.82) is 0 Å². The molecular formula is C20H25FN2O2. The Kier molecular flexibility index (Phi) is 5.89. The van der Waals surface area contributed by atoms with E-state index in [1.54, 1.807) is 26.4 Å². The van der Waals surface area contributed by atoms with E-state index in [9.17, 15) is 4.39 Å². The maximum absolute atomic E-state index is 14.0. The van der Waals surface area contributed by atoms with E-state index in [2.05, 4.69) is 16.3 Å². The largest absolute Gasteiger partial charge is 0.497 e. The van der Waals surface area contributed by atoms with Crippen molar-refractivity contribution in [3.05, 3.63) is 59.4 Å². The highest BCUT2D eigenvalue weighted by Gasteiger charge is 2.26. The van der Waals surface area contributed by atoms with E-state index in [0.717, 1.165) is 49.5 Å². The lowest BCUT2D eigenvalue weighted by Gasteiger charge is -2.32. The van der Waals surface area contributed by atoms with Gasteiger partial charge in [0.1, 0.15) is 17.3 Å². The predicted octanol–water partition coefficient (Wildman–Crippen LogP) is 3.23. The van der Waals surface area contributed by atoms with Gasteiger partial charge >= 0.3 is 0 Å². The number of benzene rings is 2. The first-order chi connectivity index (χ1) is 12.2. The predicted molar refractivity (Wildman–Crippen MR) is 96.8 cm³/mol. The van der Waals surface area contributed by atoms with Crippen LogP contribution in [0.15, 0.2) is 42.5 Å². The SMILES string of the molecule is COc1cccc(C(c2cc(F)ccc2OC)N2CCCNCC2)c1. The monoisotopic (exact) mass is 344 g/mol. The molecule has 1 aliphatic rings. The maximum atomic E-state index is 14.0. The van der Waals surface area contributed by atoms with Crippen LogP contribution in [0, 0.1) is 5.82 Å². The number of hydrogen-bond acceptors (Lipinski definition) is 4. The van der Waals surface area contributed by atoms with Gasteiger partial charge in [-0.15, -0.1) is 0 Å². The molecule has 1 saturated heterocycles. The molecule has 0 aliphatic carbocycles. The van der Waals surface area contributed by atoms with E-state index < -0.39 is 0 Å². The molecule has 0 radical (unpaired) electrons. The van der Waals surface area contributed by atoms with Crippen LogP contribution in [0.4, 0.5) is 4.39 Å². The average molecular weight is 344 g/mol. The van der Waals surface area contributed by atoms with Crippen LogP contribution in [-0.2, 0) is 0 Å². The molecule has 134 valence electrons. The number of nitrogens with one attached hydrogen (secondary N) is 1. The van der Waals surface area contributed by atoms with Crippen LogP contribution in [0.3, 0.4) is 0 Å². The number of ether oxygens (including phenoxy) is 2. The van der Waals surface area contributed by atoms with Crippen molar-refractivity contribution in [3.63, 3.8) is 0 Å². The molecule has 4 nitrogen and oxygen atoms in total. The third kappa shape index (κ3) is 4.11. The van der Waals surface area contributed by atoms with Gasteiger partial charge < -0.3 is 14.8 Å². The summed E-state index contributed by atoms with van der Waals surface area (Å²) in [5.41, 5.74) is 1.92. The summed E-state index contributed by atoms with van der Waals surface area (Å²) in [6.07, 6.45) is 1.05. The van der Waals surface area contributed by atoms with Gasteiger partial charge in [-0.3, -0.25) is 4.90 Å². The lowest BCUT2D eigenvalue weighted by atomic mass is 9.95. The molecule has 2 aromatic rings. The third-order valence-corrected chi connectivity index (χ3v) is 4.64. The second-order valence-corrected chi connectivity index (χ2v) is 6.20. The number of nitrogens with zero attached hydrogens (tertiary/aromatic N) is 1. The Morgan fingerprint density at radius 1 is 1.04 bits per heavy atom. The Balaban J connectivity index is 2.09. The molecule has 0 bridgehead atoms. The fourth-order valence-corrected chi connectivity index (χ4v) is 3.44. The van der Waals surface area contributed by atoms with E-state index in [1.165, 1.54) is 6.07 Å². The Labute approximate surface area is 148 Å². The van der Waals surface area contributed by atoms with Crippen molar-refractivity contribution in [2.75, 3.05) is 40.4 Å². The average Bonchev–Trinajstić information content (AvgIpc) is 2.92. The van der Waals surface area contributed by atoms with Crippen molar-refractivity contribution in [2.45, 2.75) is 12.5 Å². The summed E-state index contributed by atoms with van der Waals surface area (Å²) in [5, 5.41) is 3.43. The first-order valence-corrected chi connectivity index (χ1v) is 8.65. The molecule has 1 fully saturated rings. The molecule has 25 heavy (non-hydrogen) atoms.